The minimum atomic E-state index is -0.321. The third kappa shape index (κ3) is 3.13. The van der Waals surface area contributed by atoms with E-state index in [0.717, 1.165) is 11.4 Å². The van der Waals surface area contributed by atoms with Crippen LogP contribution >= 0.6 is 0 Å². The van der Waals surface area contributed by atoms with Gasteiger partial charge in [0.1, 0.15) is 11.8 Å². The van der Waals surface area contributed by atoms with Crippen LogP contribution in [0.4, 0.5) is 5.69 Å². The van der Waals surface area contributed by atoms with Gasteiger partial charge < -0.3 is 10.1 Å². The minimum Gasteiger partial charge on any atom is -0.497 e. The summed E-state index contributed by atoms with van der Waals surface area (Å²) in [7, 11) is 1.61. The summed E-state index contributed by atoms with van der Waals surface area (Å²) in [4.78, 5) is 11.3. The Morgan fingerprint density at radius 1 is 1.44 bits per heavy atom. The Bertz CT molecular complexity index is 338. The van der Waals surface area contributed by atoms with Gasteiger partial charge in [0.2, 0.25) is 0 Å². The minimum absolute atomic E-state index is 0.224. The van der Waals surface area contributed by atoms with Crippen LogP contribution in [0, 0.1) is 0 Å². The fraction of sp³-hybridized carbons (Fsp3) is 0.364. The normalized spacial score (nSPS) is 11.7. The number of carbonyl (C=O) groups is 1. The second-order valence-corrected chi connectivity index (χ2v) is 3.34. The summed E-state index contributed by atoms with van der Waals surface area (Å²) in [6, 6.07) is 7.04. The molecule has 0 unspecified atom stereocenters. The predicted octanol–water partition coefficient (Wildman–Crippen LogP) is 0.876. The zero-order valence-corrected chi connectivity index (χ0v) is 9.49. The molecule has 0 saturated heterocycles. The Labute approximate surface area is 94.9 Å². The van der Waals surface area contributed by atoms with Crippen molar-refractivity contribution in [2.24, 2.45) is 5.84 Å². The maximum Gasteiger partial charge on any atom is 0.256 e. The van der Waals surface area contributed by atoms with Gasteiger partial charge in [-0.05, 0) is 30.7 Å². The SMILES string of the molecule is CC[C@@H](Nc1ccc(OC)cc1)C(=O)NN. The molecule has 5 heteroatoms. The first-order valence-corrected chi connectivity index (χ1v) is 5.12. The molecule has 0 aromatic heterocycles. The van der Waals surface area contributed by atoms with Gasteiger partial charge in [0.15, 0.2) is 0 Å². The van der Waals surface area contributed by atoms with Crippen molar-refractivity contribution in [3.8, 4) is 5.75 Å². The van der Waals surface area contributed by atoms with E-state index < -0.39 is 0 Å². The molecule has 4 N–H and O–H groups in total. The van der Waals surface area contributed by atoms with Crippen molar-refractivity contribution in [1.29, 1.82) is 0 Å². The Morgan fingerprint density at radius 3 is 2.50 bits per heavy atom. The van der Waals surface area contributed by atoms with Gasteiger partial charge in [0, 0.05) is 5.69 Å². The molecule has 0 radical (unpaired) electrons. The zero-order chi connectivity index (χ0) is 12.0. The van der Waals surface area contributed by atoms with Gasteiger partial charge in [-0.15, -0.1) is 0 Å². The van der Waals surface area contributed by atoms with Crippen LogP contribution in [0.5, 0.6) is 5.75 Å². The summed E-state index contributed by atoms with van der Waals surface area (Å²) in [6.07, 6.45) is 0.662. The van der Waals surface area contributed by atoms with Gasteiger partial charge in [-0.25, -0.2) is 5.84 Å². The smallest absolute Gasteiger partial charge is 0.256 e. The van der Waals surface area contributed by atoms with E-state index in [4.69, 9.17) is 10.6 Å². The molecule has 5 nitrogen and oxygen atoms in total. The van der Waals surface area contributed by atoms with Gasteiger partial charge in [-0.2, -0.15) is 0 Å². The first-order chi connectivity index (χ1) is 7.71. The van der Waals surface area contributed by atoms with Crippen LogP contribution in [0.1, 0.15) is 13.3 Å². The van der Waals surface area contributed by atoms with Gasteiger partial charge in [0.25, 0.3) is 5.91 Å². The highest BCUT2D eigenvalue weighted by molar-refractivity contribution is 5.83. The molecule has 0 aliphatic heterocycles. The summed E-state index contributed by atoms with van der Waals surface area (Å²) in [5, 5.41) is 3.08. The molecule has 0 saturated carbocycles. The van der Waals surface area contributed by atoms with Crippen molar-refractivity contribution in [3.05, 3.63) is 24.3 Å². The van der Waals surface area contributed by atoms with Crippen LogP contribution in [0.25, 0.3) is 0 Å². The second kappa shape index (κ2) is 5.97. The van der Waals surface area contributed by atoms with Crippen LogP contribution in [-0.4, -0.2) is 19.1 Å². The van der Waals surface area contributed by atoms with Crippen molar-refractivity contribution in [2.45, 2.75) is 19.4 Å². The summed E-state index contributed by atoms with van der Waals surface area (Å²) in [5.41, 5.74) is 2.99. The molecule has 1 atom stereocenters. The van der Waals surface area contributed by atoms with Crippen LogP contribution in [0.15, 0.2) is 24.3 Å². The van der Waals surface area contributed by atoms with Crippen molar-refractivity contribution < 1.29 is 9.53 Å². The van der Waals surface area contributed by atoms with E-state index in [1.54, 1.807) is 7.11 Å². The standard InChI is InChI=1S/C11H17N3O2/c1-3-10(11(15)14-12)13-8-4-6-9(16-2)7-5-8/h4-7,10,13H,3,12H2,1-2H3,(H,14,15)/t10-/m1/s1. The third-order valence-electron chi connectivity index (χ3n) is 2.30. The number of benzene rings is 1. The molecule has 0 fully saturated rings. The van der Waals surface area contributed by atoms with E-state index in [2.05, 4.69) is 10.7 Å². The zero-order valence-electron chi connectivity index (χ0n) is 9.49. The number of ether oxygens (including phenoxy) is 1. The molecule has 88 valence electrons. The molecule has 0 aliphatic carbocycles. The molecule has 1 aromatic rings. The summed E-state index contributed by atoms with van der Waals surface area (Å²) in [5.74, 6) is 5.64. The lowest BCUT2D eigenvalue weighted by Gasteiger charge is -2.16. The van der Waals surface area contributed by atoms with E-state index in [1.807, 2.05) is 31.2 Å². The molecule has 1 amide bonds. The number of methoxy groups -OCH3 is 1. The second-order valence-electron chi connectivity index (χ2n) is 3.34. The molecular weight excluding hydrogens is 206 g/mol. The molecule has 16 heavy (non-hydrogen) atoms. The number of hydrogen-bond acceptors (Lipinski definition) is 4. The molecule has 1 rings (SSSR count). The van der Waals surface area contributed by atoms with E-state index in [1.165, 1.54) is 0 Å². The number of amides is 1. The van der Waals surface area contributed by atoms with Crippen molar-refractivity contribution >= 4 is 11.6 Å². The summed E-state index contributed by atoms with van der Waals surface area (Å²) < 4.78 is 5.04. The average molecular weight is 223 g/mol. The number of nitrogens with two attached hydrogens (primary N) is 1. The average Bonchev–Trinajstić information content (AvgIpc) is 2.35. The van der Waals surface area contributed by atoms with Crippen molar-refractivity contribution in [3.63, 3.8) is 0 Å². The summed E-state index contributed by atoms with van der Waals surface area (Å²) in [6.45, 7) is 1.91. The Morgan fingerprint density at radius 2 is 2.06 bits per heavy atom. The molecule has 0 bridgehead atoms. The Kier molecular flexibility index (Phi) is 4.60. The maximum absolute atomic E-state index is 11.3. The topological polar surface area (TPSA) is 76.4 Å². The van der Waals surface area contributed by atoms with Crippen LogP contribution < -0.4 is 21.3 Å². The highest BCUT2D eigenvalue weighted by Crippen LogP contribution is 2.16. The fourth-order valence-corrected chi connectivity index (χ4v) is 1.34. The van der Waals surface area contributed by atoms with Crippen LogP contribution in [-0.2, 0) is 4.79 Å². The van der Waals surface area contributed by atoms with E-state index in [-0.39, 0.29) is 11.9 Å². The van der Waals surface area contributed by atoms with Gasteiger partial charge in [-0.3, -0.25) is 10.2 Å². The van der Waals surface area contributed by atoms with Crippen LogP contribution in [0.3, 0.4) is 0 Å². The Hall–Kier alpha value is -1.75. The molecule has 1 aromatic carbocycles. The monoisotopic (exact) mass is 223 g/mol. The largest absolute Gasteiger partial charge is 0.497 e. The lowest BCUT2D eigenvalue weighted by atomic mass is 10.2. The number of carbonyl (C=O) groups excluding carboxylic acids is 1. The Balaban J connectivity index is 2.66. The van der Waals surface area contributed by atoms with Gasteiger partial charge in [0.05, 0.1) is 7.11 Å². The van der Waals surface area contributed by atoms with E-state index in [0.29, 0.717) is 6.42 Å². The maximum atomic E-state index is 11.3. The third-order valence-corrected chi connectivity index (χ3v) is 2.30. The van der Waals surface area contributed by atoms with E-state index >= 15 is 0 Å². The number of rotatable bonds is 5. The highest BCUT2D eigenvalue weighted by Gasteiger charge is 2.14. The lowest BCUT2D eigenvalue weighted by molar-refractivity contribution is -0.121. The predicted molar refractivity (Wildman–Crippen MR) is 63.0 cm³/mol. The fourth-order valence-electron chi connectivity index (χ4n) is 1.34. The molecule has 0 aliphatic rings. The lowest BCUT2D eigenvalue weighted by Crippen LogP contribution is -2.42. The molecule has 0 heterocycles. The van der Waals surface area contributed by atoms with Crippen molar-refractivity contribution in [1.82, 2.24) is 5.43 Å². The number of nitrogens with one attached hydrogen (secondary N) is 2. The first kappa shape index (κ1) is 12.3. The van der Waals surface area contributed by atoms with Crippen LogP contribution in [0.2, 0.25) is 0 Å². The van der Waals surface area contributed by atoms with Gasteiger partial charge >= 0.3 is 0 Å². The number of hydrazine groups is 1. The van der Waals surface area contributed by atoms with E-state index in [9.17, 15) is 4.79 Å². The van der Waals surface area contributed by atoms with Crippen molar-refractivity contribution in [2.75, 3.05) is 12.4 Å². The number of anilines is 1. The quantitative estimate of drug-likeness (QED) is 0.393. The highest BCUT2D eigenvalue weighted by atomic mass is 16.5. The van der Waals surface area contributed by atoms with Gasteiger partial charge in [-0.1, -0.05) is 6.92 Å². The first-order valence-electron chi connectivity index (χ1n) is 5.12. The molecular formula is C11H17N3O2. The summed E-state index contributed by atoms with van der Waals surface area (Å²) >= 11 is 0. The molecule has 0 spiro atoms. The number of hydrogen-bond donors (Lipinski definition) is 3.